The molecule has 0 heterocycles. The van der Waals surface area contributed by atoms with Crippen LogP contribution in [-0.2, 0) is 26.0 Å². The number of anilines is 2. The molecule has 2 aromatic rings. The number of ether oxygens (including phenoxy) is 1. The highest BCUT2D eigenvalue weighted by atomic mass is 32.2. The number of hydrogen-bond donors (Lipinski definition) is 1. The normalized spacial score (nSPS) is 12.1. The quantitative estimate of drug-likeness (QED) is 0.665. The number of benzene rings is 2. The highest BCUT2D eigenvalue weighted by Crippen LogP contribution is 2.22. The zero-order chi connectivity index (χ0) is 21.6. The van der Waals surface area contributed by atoms with E-state index in [0.29, 0.717) is 16.9 Å². The summed E-state index contributed by atoms with van der Waals surface area (Å²) in [6, 6.07) is 12.3. The molecule has 7 nitrogen and oxygen atoms in total. The minimum atomic E-state index is -3.69. The van der Waals surface area contributed by atoms with Crippen molar-refractivity contribution in [3.8, 4) is 0 Å². The van der Waals surface area contributed by atoms with Gasteiger partial charge in [-0.1, -0.05) is 19.1 Å². The molecule has 0 radical (unpaired) electrons. The molecule has 2 aromatic carbocycles. The molecule has 2 rings (SSSR count). The van der Waals surface area contributed by atoms with Crippen molar-refractivity contribution < 1.29 is 22.7 Å². The van der Waals surface area contributed by atoms with E-state index in [1.54, 1.807) is 31.2 Å². The minimum Gasteiger partial charge on any atom is -0.462 e. The number of nitrogens with one attached hydrogen (secondary N) is 1. The zero-order valence-electron chi connectivity index (χ0n) is 17.0. The van der Waals surface area contributed by atoms with E-state index >= 15 is 0 Å². The molecule has 29 heavy (non-hydrogen) atoms. The Balaban J connectivity index is 2.19. The van der Waals surface area contributed by atoms with Crippen LogP contribution >= 0.6 is 0 Å². The van der Waals surface area contributed by atoms with Gasteiger partial charge in [0, 0.05) is 5.69 Å². The van der Waals surface area contributed by atoms with Crippen LogP contribution in [0.1, 0.15) is 36.7 Å². The second-order valence-electron chi connectivity index (χ2n) is 6.54. The predicted octanol–water partition coefficient (Wildman–Crippen LogP) is 3.22. The van der Waals surface area contributed by atoms with Gasteiger partial charge >= 0.3 is 5.97 Å². The molecule has 1 N–H and O–H groups in total. The van der Waals surface area contributed by atoms with E-state index in [-0.39, 0.29) is 6.61 Å². The molecule has 8 heteroatoms. The highest BCUT2D eigenvalue weighted by Gasteiger charge is 2.29. The molecule has 0 fully saturated rings. The van der Waals surface area contributed by atoms with Crippen LogP contribution in [0, 0.1) is 0 Å². The number of carbonyl (C=O) groups is 2. The SMILES string of the molecule is CCOC(=O)c1ccc(NC(=O)[C@H](C)N(c2ccc(CC)cc2)S(C)(=O)=O)cc1. The van der Waals surface area contributed by atoms with E-state index in [2.05, 4.69) is 5.32 Å². The van der Waals surface area contributed by atoms with Crippen LogP contribution in [0.3, 0.4) is 0 Å². The molecule has 1 amide bonds. The Bertz CT molecular complexity index is 954. The van der Waals surface area contributed by atoms with Crippen LogP contribution in [0.4, 0.5) is 11.4 Å². The fourth-order valence-electron chi connectivity index (χ4n) is 2.84. The molecule has 0 aliphatic carbocycles. The second-order valence-corrected chi connectivity index (χ2v) is 8.40. The van der Waals surface area contributed by atoms with Gasteiger partial charge in [0.1, 0.15) is 6.04 Å². The van der Waals surface area contributed by atoms with Gasteiger partial charge in [0.15, 0.2) is 0 Å². The maximum absolute atomic E-state index is 12.7. The molecule has 156 valence electrons. The van der Waals surface area contributed by atoms with E-state index in [1.165, 1.54) is 19.1 Å². The maximum atomic E-state index is 12.7. The van der Waals surface area contributed by atoms with Crippen molar-refractivity contribution in [1.29, 1.82) is 0 Å². The van der Waals surface area contributed by atoms with Crippen molar-refractivity contribution in [3.63, 3.8) is 0 Å². The summed E-state index contributed by atoms with van der Waals surface area (Å²) in [5.74, 6) is -0.934. The third-order valence-electron chi connectivity index (χ3n) is 4.35. The Morgan fingerprint density at radius 3 is 2.10 bits per heavy atom. The van der Waals surface area contributed by atoms with Crippen molar-refractivity contribution >= 4 is 33.3 Å². The first-order valence-electron chi connectivity index (χ1n) is 9.33. The first-order chi connectivity index (χ1) is 13.7. The molecular formula is C21H26N2O5S. The Labute approximate surface area is 171 Å². The smallest absolute Gasteiger partial charge is 0.338 e. The van der Waals surface area contributed by atoms with Gasteiger partial charge in [-0.25, -0.2) is 13.2 Å². The van der Waals surface area contributed by atoms with Crippen LogP contribution in [0.5, 0.6) is 0 Å². The standard InChI is InChI=1S/C21H26N2O5S/c1-5-16-7-13-19(14-8-16)23(29(4,26)27)15(3)20(24)22-18-11-9-17(10-12-18)21(25)28-6-2/h7-15H,5-6H2,1-4H3,(H,22,24)/t15-/m0/s1. The third kappa shape index (κ3) is 5.80. The number of carbonyl (C=O) groups excluding carboxylic acids is 2. The first-order valence-corrected chi connectivity index (χ1v) is 11.2. The summed E-state index contributed by atoms with van der Waals surface area (Å²) in [6.07, 6.45) is 1.90. The molecular weight excluding hydrogens is 392 g/mol. The largest absolute Gasteiger partial charge is 0.462 e. The number of sulfonamides is 1. The summed E-state index contributed by atoms with van der Waals surface area (Å²) >= 11 is 0. The lowest BCUT2D eigenvalue weighted by Gasteiger charge is -2.28. The van der Waals surface area contributed by atoms with Gasteiger partial charge in [-0.05, 0) is 62.2 Å². The number of esters is 1. The van der Waals surface area contributed by atoms with Gasteiger partial charge in [-0.3, -0.25) is 9.10 Å². The molecule has 0 spiro atoms. The molecule has 0 saturated carbocycles. The molecule has 0 saturated heterocycles. The lowest BCUT2D eigenvalue weighted by molar-refractivity contribution is -0.116. The average molecular weight is 419 g/mol. The van der Waals surface area contributed by atoms with Gasteiger partial charge in [-0.15, -0.1) is 0 Å². The summed E-state index contributed by atoms with van der Waals surface area (Å²) in [6.45, 7) is 5.52. The van der Waals surface area contributed by atoms with E-state index < -0.39 is 27.9 Å². The van der Waals surface area contributed by atoms with Crippen LogP contribution in [-0.4, -0.2) is 39.2 Å². The lowest BCUT2D eigenvalue weighted by atomic mass is 10.1. The summed E-state index contributed by atoms with van der Waals surface area (Å²) in [7, 11) is -3.69. The molecule has 0 bridgehead atoms. The van der Waals surface area contributed by atoms with Gasteiger partial charge in [0.2, 0.25) is 15.9 Å². The molecule has 0 unspecified atom stereocenters. The van der Waals surface area contributed by atoms with Crippen LogP contribution < -0.4 is 9.62 Å². The summed E-state index contributed by atoms with van der Waals surface area (Å²) in [4.78, 5) is 24.4. The Morgan fingerprint density at radius 1 is 1.03 bits per heavy atom. The van der Waals surface area contributed by atoms with Gasteiger partial charge in [0.25, 0.3) is 0 Å². The van der Waals surface area contributed by atoms with E-state index in [0.717, 1.165) is 22.5 Å². The Morgan fingerprint density at radius 2 is 1.62 bits per heavy atom. The number of nitrogens with zero attached hydrogens (tertiary/aromatic N) is 1. The number of aryl methyl sites for hydroxylation is 1. The van der Waals surface area contributed by atoms with Gasteiger partial charge < -0.3 is 10.1 Å². The Hall–Kier alpha value is -2.87. The molecule has 0 aliphatic rings. The third-order valence-corrected chi connectivity index (χ3v) is 5.59. The van der Waals surface area contributed by atoms with Crippen molar-refractivity contribution in [2.24, 2.45) is 0 Å². The number of hydrogen-bond acceptors (Lipinski definition) is 5. The molecule has 0 aromatic heterocycles. The summed E-state index contributed by atoms with van der Waals surface area (Å²) in [5, 5.41) is 2.69. The van der Waals surface area contributed by atoms with Crippen LogP contribution in [0.25, 0.3) is 0 Å². The van der Waals surface area contributed by atoms with Crippen molar-refractivity contribution in [2.75, 3.05) is 22.5 Å². The van der Waals surface area contributed by atoms with Gasteiger partial charge in [0.05, 0.1) is 24.1 Å². The predicted molar refractivity (Wildman–Crippen MR) is 114 cm³/mol. The number of amides is 1. The summed E-state index contributed by atoms with van der Waals surface area (Å²) in [5.41, 5.74) is 2.31. The zero-order valence-corrected chi connectivity index (χ0v) is 17.8. The maximum Gasteiger partial charge on any atom is 0.338 e. The average Bonchev–Trinajstić information content (AvgIpc) is 2.68. The topological polar surface area (TPSA) is 92.8 Å². The fraction of sp³-hybridized carbons (Fsp3) is 0.333. The van der Waals surface area contributed by atoms with E-state index in [1.807, 2.05) is 19.1 Å². The van der Waals surface area contributed by atoms with Gasteiger partial charge in [-0.2, -0.15) is 0 Å². The molecule has 1 atom stereocenters. The van der Waals surface area contributed by atoms with Crippen molar-refractivity contribution in [2.45, 2.75) is 33.2 Å². The lowest BCUT2D eigenvalue weighted by Crippen LogP contribution is -2.45. The fourth-order valence-corrected chi connectivity index (χ4v) is 4.01. The second kappa shape index (κ2) is 9.56. The summed E-state index contributed by atoms with van der Waals surface area (Å²) < 4.78 is 30.7. The van der Waals surface area contributed by atoms with E-state index in [4.69, 9.17) is 4.74 Å². The Kier molecular flexibility index (Phi) is 7.39. The minimum absolute atomic E-state index is 0.273. The van der Waals surface area contributed by atoms with Crippen molar-refractivity contribution in [1.82, 2.24) is 0 Å². The first kappa shape index (κ1) is 22.4. The van der Waals surface area contributed by atoms with Crippen LogP contribution in [0.15, 0.2) is 48.5 Å². The number of rotatable bonds is 8. The van der Waals surface area contributed by atoms with Crippen molar-refractivity contribution in [3.05, 3.63) is 59.7 Å². The van der Waals surface area contributed by atoms with E-state index in [9.17, 15) is 18.0 Å². The highest BCUT2D eigenvalue weighted by molar-refractivity contribution is 7.92. The van der Waals surface area contributed by atoms with Crippen LogP contribution in [0.2, 0.25) is 0 Å². The molecule has 0 aliphatic heterocycles. The monoisotopic (exact) mass is 418 g/mol.